The summed E-state index contributed by atoms with van der Waals surface area (Å²) in [5, 5.41) is 4.48. The Hall–Kier alpha value is -4.01. The second kappa shape index (κ2) is 9.09. The van der Waals surface area contributed by atoms with Crippen molar-refractivity contribution >= 4 is 11.6 Å². The van der Waals surface area contributed by atoms with Crippen LogP contribution in [-0.2, 0) is 0 Å². The van der Waals surface area contributed by atoms with E-state index in [1.165, 1.54) is 12.1 Å². The molecule has 1 saturated heterocycles. The van der Waals surface area contributed by atoms with Crippen molar-refractivity contribution in [3.05, 3.63) is 78.2 Å². The number of carbonyl (C=O) groups excluding carboxylic acids is 1. The first-order chi connectivity index (χ1) is 16.5. The summed E-state index contributed by atoms with van der Waals surface area (Å²) in [6.45, 7) is 6.54. The molecule has 0 N–H and O–H groups in total. The van der Waals surface area contributed by atoms with Gasteiger partial charge in [0.1, 0.15) is 11.5 Å². The van der Waals surface area contributed by atoms with E-state index >= 15 is 0 Å². The van der Waals surface area contributed by atoms with E-state index in [9.17, 15) is 9.18 Å². The number of piperazine rings is 1. The van der Waals surface area contributed by atoms with Gasteiger partial charge < -0.3 is 14.2 Å². The second-order valence-electron chi connectivity index (χ2n) is 8.48. The van der Waals surface area contributed by atoms with Gasteiger partial charge in [-0.2, -0.15) is 5.10 Å². The van der Waals surface area contributed by atoms with Gasteiger partial charge in [-0.3, -0.25) is 4.79 Å². The van der Waals surface area contributed by atoms with E-state index in [0.29, 0.717) is 49.1 Å². The molecule has 0 spiro atoms. The zero-order chi connectivity index (χ0) is 23.7. The van der Waals surface area contributed by atoms with E-state index in [1.807, 2.05) is 24.8 Å². The second-order valence-corrected chi connectivity index (χ2v) is 8.48. The van der Waals surface area contributed by atoms with Crippen LogP contribution in [0.5, 0.6) is 0 Å². The molecule has 0 aliphatic carbocycles. The number of hydrogen-bond acceptors (Lipinski definition) is 6. The quantitative estimate of drug-likeness (QED) is 0.445. The van der Waals surface area contributed by atoms with Gasteiger partial charge in [-0.25, -0.2) is 19.0 Å². The van der Waals surface area contributed by atoms with Gasteiger partial charge in [-0.15, -0.1) is 0 Å². The Balaban J connectivity index is 1.37. The normalized spacial score (nSPS) is 14.1. The van der Waals surface area contributed by atoms with Gasteiger partial charge in [-0.05, 0) is 48.4 Å². The molecule has 1 aliphatic rings. The molecule has 1 fully saturated rings. The highest BCUT2D eigenvalue weighted by atomic mass is 19.1. The number of hydrogen-bond donors (Lipinski definition) is 0. The number of aromatic nitrogens is 4. The summed E-state index contributed by atoms with van der Waals surface area (Å²) in [6.07, 6.45) is 4.85. The van der Waals surface area contributed by atoms with Gasteiger partial charge in [0.25, 0.3) is 11.9 Å². The Labute approximate surface area is 196 Å². The maximum atomic E-state index is 13.5. The number of carbonyl (C=O) groups is 1. The lowest BCUT2D eigenvalue weighted by Gasteiger charge is -2.36. The Morgan fingerprint density at radius 2 is 1.82 bits per heavy atom. The largest absolute Gasteiger partial charge is 0.463 e. The van der Waals surface area contributed by atoms with E-state index in [4.69, 9.17) is 4.42 Å². The molecule has 0 atom stereocenters. The summed E-state index contributed by atoms with van der Waals surface area (Å²) >= 11 is 0. The molecule has 4 aromatic rings. The minimum Gasteiger partial charge on any atom is -0.463 e. The molecule has 34 heavy (non-hydrogen) atoms. The predicted octanol–water partition coefficient (Wildman–Crippen LogP) is 4.15. The molecule has 1 aromatic carbocycles. The molecule has 0 unspecified atom stereocenters. The Morgan fingerprint density at radius 1 is 1.06 bits per heavy atom. The van der Waals surface area contributed by atoms with Crippen LogP contribution in [0.2, 0.25) is 0 Å². The fourth-order valence-corrected chi connectivity index (χ4v) is 4.24. The summed E-state index contributed by atoms with van der Waals surface area (Å²) in [5.41, 5.74) is 2.92. The third-order valence-corrected chi connectivity index (χ3v) is 5.95. The maximum Gasteiger partial charge on any atom is 0.257 e. The summed E-state index contributed by atoms with van der Waals surface area (Å²) in [7, 11) is 0. The van der Waals surface area contributed by atoms with Crippen LogP contribution in [0.3, 0.4) is 0 Å². The van der Waals surface area contributed by atoms with Crippen LogP contribution in [-0.4, -0.2) is 56.7 Å². The summed E-state index contributed by atoms with van der Waals surface area (Å²) < 4.78 is 20.3. The van der Waals surface area contributed by atoms with Crippen molar-refractivity contribution in [2.24, 2.45) is 0 Å². The smallest absolute Gasteiger partial charge is 0.257 e. The lowest BCUT2D eigenvalue weighted by molar-refractivity contribution is 0.0745. The van der Waals surface area contributed by atoms with Crippen LogP contribution in [0.15, 0.2) is 65.5 Å². The minimum atomic E-state index is -0.255. The summed E-state index contributed by atoms with van der Waals surface area (Å²) in [4.78, 5) is 26.4. The number of furan rings is 1. The fraction of sp³-hybridized carbons (Fsp3) is 0.280. The molecule has 5 rings (SSSR count). The van der Waals surface area contributed by atoms with Crippen LogP contribution in [0.25, 0.3) is 17.4 Å². The first kappa shape index (κ1) is 21.8. The van der Waals surface area contributed by atoms with Crippen molar-refractivity contribution < 1.29 is 13.6 Å². The van der Waals surface area contributed by atoms with Gasteiger partial charge in [0.15, 0.2) is 5.76 Å². The summed E-state index contributed by atoms with van der Waals surface area (Å²) in [5.74, 6) is 0.734. The van der Waals surface area contributed by atoms with E-state index in [2.05, 4.69) is 20.0 Å². The molecule has 1 aliphatic heterocycles. The highest BCUT2D eigenvalue weighted by molar-refractivity contribution is 5.95. The Bertz CT molecular complexity index is 1280. The van der Waals surface area contributed by atoms with E-state index < -0.39 is 0 Å². The Morgan fingerprint density at radius 3 is 2.50 bits per heavy atom. The van der Waals surface area contributed by atoms with Gasteiger partial charge in [0.05, 0.1) is 23.7 Å². The number of rotatable bonds is 5. The lowest BCUT2D eigenvalue weighted by atomic mass is 10.0. The average Bonchev–Trinajstić information content (AvgIpc) is 3.55. The van der Waals surface area contributed by atoms with Crippen LogP contribution < -0.4 is 4.90 Å². The number of benzene rings is 1. The number of amides is 1. The minimum absolute atomic E-state index is 0.0258. The molecule has 0 bridgehead atoms. The van der Waals surface area contributed by atoms with Gasteiger partial charge in [0.2, 0.25) is 0 Å². The molecule has 3 aromatic heterocycles. The van der Waals surface area contributed by atoms with E-state index in [-0.39, 0.29) is 17.6 Å². The average molecular weight is 461 g/mol. The number of anilines is 1. The van der Waals surface area contributed by atoms with Crippen molar-refractivity contribution in [3.63, 3.8) is 0 Å². The van der Waals surface area contributed by atoms with Crippen LogP contribution >= 0.6 is 0 Å². The van der Waals surface area contributed by atoms with E-state index in [0.717, 1.165) is 11.4 Å². The first-order valence-corrected chi connectivity index (χ1v) is 11.3. The highest BCUT2D eigenvalue weighted by Crippen LogP contribution is 2.25. The van der Waals surface area contributed by atoms with Crippen molar-refractivity contribution in [3.8, 4) is 17.4 Å². The number of nitrogens with zero attached hydrogens (tertiary/aromatic N) is 6. The van der Waals surface area contributed by atoms with Gasteiger partial charge in [-0.1, -0.05) is 13.8 Å². The zero-order valence-electron chi connectivity index (χ0n) is 19.1. The lowest BCUT2D eigenvalue weighted by Crippen LogP contribution is -2.49. The molecular weight excluding hydrogens is 435 g/mol. The standard InChI is InChI=1S/C25H25FN6O2/c1-17(2)23-20(16-28-32(23)25-27-10-9-21(29-25)22-4-3-15-34-22)24(33)31-13-11-30(12-14-31)19-7-5-18(26)6-8-19/h3-10,15-17H,11-14H2,1-2H3. The predicted molar refractivity (Wildman–Crippen MR) is 125 cm³/mol. The fourth-order valence-electron chi connectivity index (χ4n) is 4.24. The summed E-state index contributed by atoms with van der Waals surface area (Å²) in [6, 6.07) is 11.9. The molecule has 0 saturated carbocycles. The third kappa shape index (κ3) is 4.16. The van der Waals surface area contributed by atoms with Crippen molar-refractivity contribution in [2.45, 2.75) is 19.8 Å². The van der Waals surface area contributed by atoms with E-state index in [1.54, 1.807) is 47.6 Å². The Kier molecular flexibility index (Phi) is 5.83. The maximum absolute atomic E-state index is 13.5. The monoisotopic (exact) mass is 460 g/mol. The number of halogens is 1. The highest BCUT2D eigenvalue weighted by Gasteiger charge is 2.28. The SMILES string of the molecule is CC(C)c1c(C(=O)N2CCN(c3ccc(F)cc3)CC2)cnn1-c1nccc(-c2ccco2)n1. The first-order valence-electron chi connectivity index (χ1n) is 11.3. The molecule has 4 heterocycles. The zero-order valence-corrected chi connectivity index (χ0v) is 19.1. The topological polar surface area (TPSA) is 80.3 Å². The molecule has 0 radical (unpaired) electrons. The van der Waals surface area contributed by atoms with Gasteiger partial charge >= 0.3 is 0 Å². The molecule has 1 amide bonds. The molecule has 174 valence electrons. The van der Waals surface area contributed by atoms with Crippen LogP contribution in [0.4, 0.5) is 10.1 Å². The molecular formula is C25H25FN6O2. The molecule has 9 heteroatoms. The van der Waals surface area contributed by atoms with Crippen molar-refractivity contribution in [1.82, 2.24) is 24.6 Å². The van der Waals surface area contributed by atoms with Gasteiger partial charge in [0, 0.05) is 38.1 Å². The third-order valence-electron chi connectivity index (χ3n) is 5.95. The van der Waals surface area contributed by atoms with Crippen LogP contribution in [0, 0.1) is 5.82 Å². The van der Waals surface area contributed by atoms with Crippen molar-refractivity contribution in [2.75, 3.05) is 31.1 Å². The van der Waals surface area contributed by atoms with Crippen molar-refractivity contribution in [1.29, 1.82) is 0 Å². The van der Waals surface area contributed by atoms with Crippen LogP contribution in [0.1, 0.15) is 35.8 Å². The molecule has 8 nitrogen and oxygen atoms in total.